The summed E-state index contributed by atoms with van der Waals surface area (Å²) in [4.78, 5) is 16.2. The minimum atomic E-state index is -0.239. The van der Waals surface area contributed by atoms with E-state index in [9.17, 15) is 4.79 Å². The van der Waals surface area contributed by atoms with Gasteiger partial charge in [0, 0.05) is 12.4 Å². The molecule has 2 N–H and O–H groups in total. The molecule has 0 saturated carbocycles. The second-order valence-electron chi connectivity index (χ2n) is 5.93. The molecule has 0 radical (unpaired) electrons. The van der Waals surface area contributed by atoms with Crippen LogP contribution in [-0.4, -0.2) is 26.3 Å². The van der Waals surface area contributed by atoms with Crippen molar-refractivity contribution in [2.75, 3.05) is 0 Å². The van der Waals surface area contributed by atoms with Gasteiger partial charge in [0.05, 0.1) is 12.2 Å². The van der Waals surface area contributed by atoms with Crippen LogP contribution < -0.4 is 5.32 Å². The zero-order chi connectivity index (χ0) is 14.6. The Balaban J connectivity index is 2.17. The molecule has 0 saturated heterocycles. The summed E-state index contributed by atoms with van der Waals surface area (Å²) in [7, 11) is 0. The maximum absolute atomic E-state index is 12.1. The smallest absolute Gasteiger partial charge is 0.273 e. The average Bonchev–Trinajstić information content (AvgIpc) is 2.91. The summed E-state index contributed by atoms with van der Waals surface area (Å²) >= 11 is 0. The number of nitrogens with zero attached hydrogens (tertiary/aromatic N) is 3. The van der Waals surface area contributed by atoms with Crippen LogP contribution in [0.25, 0.3) is 0 Å². The fourth-order valence-electron chi connectivity index (χ4n) is 1.99. The molecule has 106 valence electrons. The minimum Gasteiger partial charge on any atom is -0.344 e. The van der Waals surface area contributed by atoms with Gasteiger partial charge in [-0.3, -0.25) is 9.78 Å². The van der Waals surface area contributed by atoms with Gasteiger partial charge in [0.25, 0.3) is 5.91 Å². The van der Waals surface area contributed by atoms with Crippen molar-refractivity contribution < 1.29 is 4.79 Å². The predicted octanol–water partition coefficient (Wildman–Crippen LogP) is 2.11. The molecule has 2 aromatic rings. The van der Waals surface area contributed by atoms with E-state index >= 15 is 0 Å². The third kappa shape index (κ3) is 3.88. The molecule has 0 bridgehead atoms. The van der Waals surface area contributed by atoms with E-state index in [0.717, 1.165) is 12.0 Å². The Kier molecular flexibility index (Phi) is 4.12. The Labute approximate surface area is 118 Å². The summed E-state index contributed by atoms with van der Waals surface area (Å²) in [5.41, 5.74) is 1.35. The number of hydrogen-bond donors (Lipinski definition) is 2. The van der Waals surface area contributed by atoms with E-state index in [1.807, 2.05) is 12.1 Å². The zero-order valence-corrected chi connectivity index (χ0v) is 11.9. The molecule has 6 heteroatoms. The van der Waals surface area contributed by atoms with Crippen LogP contribution in [0.2, 0.25) is 0 Å². The summed E-state index contributed by atoms with van der Waals surface area (Å²) in [5.74, 6) is -0.239. The molecule has 0 unspecified atom stereocenters. The fourth-order valence-corrected chi connectivity index (χ4v) is 1.99. The number of aromatic amines is 1. The van der Waals surface area contributed by atoms with Crippen LogP contribution in [-0.2, 0) is 0 Å². The third-order valence-corrected chi connectivity index (χ3v) is 2.86. The number of amides is 1. The molecule has 0 aliphatic carbocycles. The predicted molar refractivity (Wildman–Crippen MR) is 74.9 cm³/mol. The first kappa shape index (κ1) is 14.2. The van der Waals surface area contributed by atoms with Gasteiger partial charge in [0.15, 0.2) is 5.69 Å². The standard InChI is InChI=1S/C14H19N5O/c1-14(2,3)7-11(10-5-4-6-15-8-10)17-13(20)12-9-16-19-18-12/h4-6,8-9,11H,7H2,1-3H3,(H,17,20)(H,16,18,19)/t11-/m1/s1. The van der Waals surface area contributed by atoms with Crippen LogP contribution in [0.3, 0.4) is 0 Å². The van der Waals surface area contributed by atoms with Gasteiger partial charge >= 0.3 is 0 Å². The summed E-state index contributed by atoms with van der Waals surface area (Å²) in [6.45, 7) is 6.41. The monoisotopic (exact) mass is 273 g/mol. The lowest BCUT2D eigenvalue weighted by Crippen LogP contribution is -2.31. The van der Waals surface area contributed by atoms with Gasteiger partial charge in [0.2, 0.25) is 0 Å². The number of carbonyl (C=O) groups excluding carboxylic acids is 1. The first-order valence-corrected chi connectivity index (χ1v) is 6.52. The molecule has 0 aromatic carbocycles. The van der Waals surface area contributed by atoms with E-state index in [2.05, 4.69) is 46.5 Å². The van der Waals surface area contributed by atoms with Crippen molar-refractivity contribution in [3.63, 3.8) is 0 Å². The molecule has 2 heterocycles. The molecule has 20 heavy (non-hydrogen) atoms. The summed E-state index contributed by atoms with van der Waals surface area (Å²) in [5, 5.41) is 12.9. The van der Waals surface area contributed by atoms with E-state index in [0.29, 0.717) is 0 Å². The first-order chi connectivity index (χ1) is 9.46. The minimum absolute atomic E-state index is 0.0810. The maximum Gasteiger partial charge on any atom is 0.273 e. The molecule has 2 aromatic heterocycles. The van der Waals surface area contributed by atoms with Crippen LogP contribution >= 0.6 is 0 Å². The number of rotatable bonds is 4. The number of hydrogen-bond acceptors (Lipinski definition) is 4. The highest BCUT2D eigenvalue weighted by molar-refractivity contribution is 5.92. The van der Waals surface area contributed by atoms with Crippen LogP contribution in [0.15, 0.2) is 30.7 Å². The first-order valence-electron chi connectivity index (χ1n) is 6.52. The van der Waals surface area contributed by atoms with E-state index in [1.54, 1.807) is 12.4 Å². The number of H-pyrrole nitrogens is 1. The van der Waals surface area contributed by atoms with E-state index in [-0.39, 0.29) is 23.1 Å². The lowest BCUT2D eigenvalue weighted by atomic mass is 9.86. The highest BCUT2D eigenvalue weighted by atomic mass is 16.2. The molecule has 6 nitrogen and oxygen atoms in total. The molecule has 1 atom stereocenters. The Morgan fingerprint density at radius 2 is 2.20 bits per heavy atom. The van der Waals surface area contributed by atoms with Gasteiger partial charge in [-0.15, -0.1) is 0 Å². The van der Waals surface area contributed by atoms with Gasteiger partial charge in [-0.05, 0) is 23.5 Å². The van der Waals surface area contributed by atoms with Crippen LogP contribution in [0.5, 0.6) is 0 Å². The molecule has 1 amide bonds. The second-order valence-corrected chi connectivity index (χ2v) is 5.93. The van der Waals surface area contributed by atoms with Crippen LogP contribution in [0, 0.1) is 5.41 Å². The van der Waals surface area contributed by atoms with Crippen molar-refractivity contribution in [1.29, 1.82) is 0 Å². The van der Waals surface area contributed by atoms with Gasteiger partial charge in [-0.1, -0.05) is 26.8 Å². The van der Waals surface area contributed by atoms with Crippen molar-refractivity contribution in [3.05, 3.63) is 42.0 Å². The second kappa shape index (κ2) is 5.81. The zero-order valence-electron chi connectivity index (χ0n) is 11.9. The fraction of sp³-hybridized carbons (Fsp3) is 0.429. The van der Waals surface area contributed by atoms with Crippen molar-refractivity contribution >= 4 is 5.91 Å². The van der Waals surface area contributed by atoms with Crippen molar-refractivity contribution in [3.8, 4) is 0 Å². The Bertz CT molecular complexity index is 545. The Morgan fingerprint density at radius 3 is 2.75 bits per heavy atom. The van der Waals surface area contributed by atoms with E-state index < -0.39 is 0 Å². The number of pyridine rings is 1. The largest absolute Gasteiger partial charge is 0.344 e. The topological polar surface area (TPSA) is 83.6 Å². The molecule has 0 aliphatic rings. The van der Waals surface area contributed by atoms with Crippen LogP contribution in [0.4, 0.5) is 0 Å². The van der Waals surface area contributed by atoms with E-state index in [4.69, 9.17) is 0 Å². The molecular formula is C14H19N5O. The number of aromatic nitrogens is 4. The number of nitrogens with one attached hydrogen (secondary N) is 2. The SMILES string of the molecule is CC(C)(C)C[C@@H](NC(=O)c1cn[nH]n1)c1cccnc1. The lowest BCUT2D eigenvalue weighted by molar-refractivity contribution is 0.0921. The average molecular weight is 273 g/mol. The Morgan fingerprint density at radius 1 is 1.40 bits per heavy atom. The van der Waals surface area contributed by atoms with Crippen molar-refractivity contribution in [2.24, 2.45) is 5.41 Å². The summed E-state index contributed by atoms with van der Waals surface area (Å²) in [6.07, 6.45) is 5.71. The maximum atomic E-state index is 12.1. The van der Waals surface area contributed by atoms with Crippen molar-refractivity contribution in [1.82, 2.24) is 25.7 Å². The molecule has 0 fully saturated rings. The van der Waals surface area contributed by atoms with Gasteiger partial charge in [-0.25, -0.2) is 0 Å². The summed E-state index contributed by atoms with van der Waals surface area (Å²) in [6, 6.07) is 3.73. The van der Waals surface area contributed by atoms with Crippen molar-refractivity contribution in [2.45, 2.75) is 33.2 Å². The molecule has 2 rings (SSSR count). The van der Waals surface area contributed by atoms with Crippen LogP contribution in [0.1, 0.15) is 49.3 Å². The highest BCUT2D eigenvalue weighted by Crippen LogP contribution is 2.29. The quantitative estimate of drug-likeness (QED) is 0.893. The number of carbonyl (C=O) groups is 1. The van der Waals surface area contributed by atoms with Gasteiger partial charge in [0.1, 0.15) is 0 Å². The molecular weight excluding hydrogens is 254 g/mol. The normalized spacial score (nSPS) is 12.9. The molecule has 0 spiro atoms. The highest BCUT2D eigenvalue weighted by Gasteiger charge is 2.23. The lowest BCUT2D eigenvalue weighted by Gasteiger charge is -2.26. The van der Waals surface area contributed by atoms with Gasteiger partial charge in [-0.2, -0.15) is 15.4 Å². The van der Waals surface area contributed by atoms with Gasteiger partial charge < -0.3 is 5.32 Å². The Hall–Kier alpha value is -2.24. The molecule has 0 aliphatic heterocycles. The summed E-state index contributed by atoms with van der Waals surface area (Å²) < 4.78 is 0. The van der Waals surface area contributed by atoms with E-state index in [1.165, 1.54) is 6.20 Å². The third-order valence-electron chi connectivity index (χ3n) is 2.86.